The Kier molecular flexibility index (Phi) is 3.84. The SMILES string of the molecule is N#Cc1cccc2c1CCc1ccccc1/C2=C\c1cccc(O)c1. The van der Waals surface area contributed by atoms with E-state index in [9.17, 15) is 10.4 Å². The van der Waals surface area contributed by atoms with Crippen LogP contribution in [-0.4, -0.2) is 5.11 Å². The van der Waals surface area contributed by atoms with E-state index < -0.39 is 0 Å². The zero-order valence-corrected chi connectivity index (χ0v) is 13.7. The van der Waals surface area contributed by atoms with E-state index >= 15 is 0 Å². The summed E-state index contributed by atoms with van der Waals surface area (Å²) in [6, 6.07) is 23.9. The summed E-state index contributed by atoms with van der Waals surface area (Å²) in [5.41, 5.74) is 7.48. The molecule has 0 saturated heterocycles. The number of aromatic hydroxyl groups is 1. The van der Waals surface area contributed by atoms with E-state index in [0.29, 0.717) is 0 Å². The van der Waals surface area contributed by atoms with Gasteiger partial charge in [0.25, 0.3) is 0 Å². The number of aryl methyl sites for hydroxylation is 1. The van der Waals surface area contributed by atoms with Crippen molar-refractivity contribution in [3.8, 4) is 11.8 Å². The minimum Gasteiger partial charge on any atom is -0.508 e. The molecular formula is C23H17NO. The molecule has 1 N–H and O–H groups in total. The fourth-order valence-electron chi connectivity index (χ4n) is 3.56. The van der Waals surface area contributed by atoms with Crippen LogP contribution in [0.3, 0.4) is 0 Å². The molecule has 2 heteroatoms. The second kappa shape index (κ2) is 6.30. The minimum atomic E-state index is 0.252. The zero-order valence-electron chi connectivity index (χ0n) is 13.7. The topological polar surface area (TPSA) is 44.0 Å². The largest absolute Gasteiger partial charge is 0.508 e. The molecule has 0 atom stereocenters. The van der Waals surface area contributed by atoms with Crippen molar-refractivity contribution < 1.29 is 5.11 Å². The van der Waals surface area contributed by atoms with Crippen LogP contribution in [0.4, 0.5) is 0 Å². The molecule has 2 nitrogen and oxygen atoms in total. The first kappa shape index (κ1) is 15.2. The minimum absolute atomic E-state index is 0.252. The van der Waals surface area contributed by atoms with E-state index in [1.54, 1.807) is 12.1 Å². The van der Waals surface area contributed by atoms with Crippen molar-refractivity contribution in [3.63, 3.8) is 0 Å². The molecule has 3 aromatic rings. The first-order valence-electron chi connectivity index (χ1n) is 8.37. The van der Waals surface area contributed by atoms with Crippen LogP contribution in [0.2, 0.25) is 0 Å². The van der Waals surface area contributed by atoms with Crippen molar-refractivity contribution in [2.45, 2.75) is 12.8 Å². The third-order valence-corrected chi connectivity index (χ3v) is 4.72. The molecule has 0 heterocycles. The average molecular weight is 323 g/mol. The molecule has 1 aliphatic carbocycles. The van der Waals surface area contributed by atoms with E-state index in [-0.39, 0.29) is 5.75 Å². The lowest BCUT2D eigenvalue weighted by molar-refractivity contribution is 0.475. The number of phenols is 1. The predicted octanol–water partition coefficient (Wildman–Crippen LogP) is 4.95. The summed E-state index contributed by atoms with van der Waals surface area (Å²) in [7, 11) is 0. The second-order valence-corrected chi connectivity index (χ2v) is 6.25. The van der Waals surface area contributed by atoms with Crippen LogP contribution in [0.1, 0.15) is 33.4 Å². The first-order chi connectivity index (χ1) is 12.3. The van der Waals surface area contributed by atoms with Gasteiger partial charge in [-0.15, -0.1) is 0 Å². The molecule has 0 radical (unpaired) electrons. The van der Waals surface area contributed by atoms with Gasteiger partial charge in [0, 0.05) is 0 Å². The summed E-state index contributed by atoms with van der Waals surface area (Å²) < 4.78 is 0. The summed E-state index contributed by atoms with van der Waals surface area (Å²) in [6.07, 6.45) is 3.87. The Morgan fingerprint density at radius 3 is 2.52 bits per heavy atom. The van der Waals surface area contributed by atoms with Crippen molar-refractivity contribution in [1.29, 1.82) is 5.26 Å². The van der Waals surface area contributed by atoms with Crippen LogP contribution in [-0.2, 0) is 12.8 Å². The summed E-state index contributed by atoms with van der Waals surface area (Å²) in [6.45, 7) is 0. The van der Waals surface area contributed by atoms with Crippen LogP contribution in [0.25, 0.3) is 11.6 Å². The zero-order chi connectivity index (χ0) is 17.2. The number of phenolic OH excluding ortho intramolecular Hbond substituents is 1. The van der Waals surface area contributed by atoms with Crippen LogP contribution < -0.4 is 0 Å². The Morgan fingerprint density at radius 1 is 0.880 bits per heavy atom. The molecule has 0 amide bonds. The smallest absolute Gasteiger partial charge is 0.116 e. The molecule has 0 fully saturated rings. The molecule has 120 valence electrons. The highest BCUT2D eigenvalue weighted by atomic mass is 16.3. The van der Waals surface area contributed by atoms with Crippen molar-refractivity contribution in [2.75, 3.05) is 0 Å². The van der Waals surface area contributed by atoms with Gasteiger partial charge in [-0.1, -0.05) is 48.5 Å². The fraction of sp³-hybridized carbons (Fsp3) is 0.0870. The summed E-state index contributed by atoms with van der Waals surface area (Å²) in [5.74, 6) is 0.252. The lowest BCUT2D eigenvalue weighted by Crippen LogP contribution is -1.96. The number of hydrogen-bond donors (Lipinski definition) is 1. The standard InChI is InChI=1S/C23H17NO/c24-15-18-7-4-10-22-21(18)12-11-17-6-1-2-9-20(17)23(22)14-16-5-3-8-19(25)13-16/h1-10,13-14,25H,11-12H2/b23-14+. The third-order valence-electron chi connectivity index (χ3n) is 4.72. The molecule has 0 aromatic heterocycles. The van der Waals surface area contributed by atoms with Crippen LogP contribution in [0.15, 0.2) is 66.7 Å². The highest BCUT2D eigenvalue weighted by Gasteiger charge is 2.20. The van der Waals surface area contributed by atoms with Crippen molar-refractivity contribution in [2.24, 2.45) is 0 Å². The molecule has 1 aliphatic rings. The summed E-state index contributed by atoms with van der Waals surface area (Å²) in [5, 5.41) is 19.3. The van der Waals surface area contributed by atoms with Gasteiger partial charge >= 0.3 is 0 Å². The van der Waals surface area contributed by atoms with Crippen molar-refractivity contribution in [3.05, 3.63) is 100 Å². The number of hydrogen-bond acceptors (Lipinski definition) is 2. The van der Waals surface area contributed by atoms with E-state index in [4.69, 9.17) is 0 Å². The van der Waals surface area contributed by atoms with E-state index in [1.807, 2.05) is 30.3 Å². The van der Waals surface area contributed by atoms with Crippen molar-refractivity contribution in [1.82, 2.24) is 0 Å². The Bertz CT molecular complexity index is 1020. The Balaban J connectivity index is 2.00. The van der Waals surface area contributed by atoms with Gasteiger partial charge < -0.3 is 5.11 Å². The third kappa shape index (κ3) is 2.81. The Morgan fingerprint density at radius 2 is 1.68 bits per heavy atom. The quantitative estimate of drug-likeness (QED) is 0.688. The molecule has 0 aliphatic heterocycles. The van der Waals surface area contributed by atoms with Gasteiger partial charge in [-0.2, -0.15) is 5.26 Å². The summed E-state index contributed by atoms with van der Waals surface area (Å²) >= 11 is 0. The maximum atomic E-state index is 9.80. The van der Waals surface area contributed by atoms with Gasteiger partial charge in [-0.25, -0.2) is 0 Å². The molecule has 25 heavy (non-hydrogen) atoms. The lowest BCUT2D eigenvalue weighted by atomic mass is 9.91. The summed E-state index contributed by atoms with van der Waals surface area (Å²) in [4.78, 5) is 0. The van der Waals surface area contributed by atoms with Gasteiger partial charge in [0.05, 0.1) is 11.6 Å². The number of rotatable bonds is 1. The monoisotopic (exact) mass is 323 g/mol. The number of nitrogens with zero attached hydrogens (tertiary/aromatic N) is 1. The lowest BCUT2D eigenvalue weighted by Gasteiger charge is -2.13. The van der Waals surface area contributed by atoms with E-state index in [0.717, 1.165) is 40.7 Å². The maximum Gasteiger partial charge on any atom is 0.116 e. The molecule has 0 saturated carbocycles. The number of nitriles is 1. The molecule has 4 rings (SSSR count). The van der Waals surface area contributed by atoms with Gasteiger partial charge in [-0.3, -0.25) is 0 Å². The molecule has 0 bridgehead atoms. The number of benzene rings is 3. The highest BCUT2D eigenvalue weighted by Crippen LogP contribution is 2.36. The molecule has 0 spiro atoms. The van der Waals surface area contributed by atoms with Crippen LogP contribution in [0.5, 0.6) is 5.75 Å². The molecular weight excluding hydrogens is 306 g/mol. The van der Waals surface area contributed by atoms with Crippen LogP contribution in [0, 0.1) is 11.3 Å². The highest BCUT2D eigenvalue weighted by molar-refractivity contribution is 5.94. The van der Waals surface area contributed by atoms with E-state index in [1.165, 1.54) is 11.1 Å². The van der Waals surface area contributed by atoms with Crippen molar-refractivity contribution >= 4 is 11.6 Å². The normalized spacial score (nSPS) is 14.3. The Labute approximate surface area is 147 Å². The van der Waals surface area contributed by atoms with Gasteiger partial charge in [-0.05, 0) is 70.5 Å². The van der Waals surface area contributed by atoms with Gasteiger partial charge in [0.15, 0.2) is 0 Å². The fourth-order valence-corrected chi connectivity index (χ4v) is 3.56. The average Bonchev–Trinajstić information content (AvgIpc) is 2.79. The maximum absolute atomic E-state index is 9.80. The Hall–Kier alpha value is -3.31. The van der Waals surface area contributed by atoms with Gasteiger partial charge in [0.2, 0.25) is 0 Å². The van der Waals surface area contributed by atoms with E-state index in [2.05, 4.69) is 36.4 Å². The first-order valence-corrected chi connectivity index (χ1v) is 8.37. The van der Waals surface area contributed by atoms with Crippen LogP contribution >= 0.6 is 0 Å². The number of fused-ring (bicyclic) bond motifs is 2. The second-order valence-electron chi connectivity index (χ2n) is 6.25. The molecule has 0 unspecified atom stereocenters. The predicted molar refractivity (Wildman–Crippen MR) is 100 cm³/mol. The van der Waals surface area contributed by atoms with Gasteiger partial charge in [0.1, 0.15) is 5.75 Å². The molecule has 3 aromatic carbocycles.